The lowest BCUT2D eigenvalue weighted by Crippen LogP contribution is -2.05. The molecule has 1 saturated carbocycles. The first-order chi connectivity index (χ1) is 7.16. The fraction of sp³-hybridized carbons (Fsp3) is 0.636. The Morgan fingerprint density at radius 1 is 1.60 bits per heavy atom. The van der Waals surface area contributed by atoms with Gasteiger partial charge in [0.05, 0.1) is 16.3 Å². The zero-order valence-electron chi connectivity index (χ0n) is 8.78. The summed E-state index contributed by atoms with van der Waals surface area (Å²) in [5.41, 5.74) is 1.02. The lowest BCUT2D eigenvalue weighted by molar-refractivity contribution is 0.184. The van der Waals surface area contributed by atoms with Gasteiger partial charge in [-0.3, -0.25) is 0 Å². The van der Waals surface area contributed by atoms with Crippen LogP contribution in [0.4, 0.5) is 0 Å². The topological polar surface area (TPSA) is 46.0 Å². The molecular formula is C11H15BrN2O. The van der Waals surface area contributed by atoms with Crippen molar-refractivity contribution in [1.82, 2.24) is 9.97 Å². The average molecular weight is 271 g/mol. The van der Waals surface area contributed by atoms with Crippen LogP contribution < -0.4 is 0 Å². The molecule has 0 radical (unpaired) electrons. The molecule has 82 valence electrons. The first-order valence-corrected chi connectivity index (χ1v) is 6.15. The quantitative estimate of drug-likeness (QED) is 0.914. The standard InChI is InChI=1S/C11H15BrN2O/c1-7(15)2-5-10-9(12)6-13-11(14-10)8-3-4-8/h6-8,15H,2-5H2,1H3. The Morgan fingerprint density at radius 3 is 2.93 bits per heavy atom. The molecule has 1 aliphatic rings. The van der Waals surface area contributed by atoms with E-state index in [1.54, 1.807) is 6.92 Å². The predicted octanol–water partition coefficient (Wildman–Crippen LogP) is 2.43. The van der Waals surface area contributed by atoms with Gasteiger partial charge in [-0.25, -0.2) is 9.97 Å². The Hall–Kier alpha value is -0.480. The molecule has 1 heterocycles. The predicted molar refractivity (Wildman–Crippen MR) is 61.7 cm³/mol. The highest BCUT2D eigenvalue weighted by Crippen LogP contribution is 2.38. The van der Waals surface area contributed by atoms with Gasteiger partial charge in [0.1, 0.15) is 5.82 Å². The van der Waals surface area contributed by atoms with Crippen molar-refractivity contribution in [3.8, 4) is 0 Å². The molecule has 1 aliphatic carbocycles. The summed E-state index contributed by atoms with van der Waals surface area (Å²) < 4.78 is 0.951. The van der Waals surface area contributed by atoms with Crippen LogP contribution in [-0.4, -0.2) is 21.2 Å². The molecule has 15 heavy (non-hydrogen) atoms. The molecule has 3 nitrogen and oxygen atoms in total. The van der Waals surface area contributed by atoms with E-state index in [1.807, 2.05) is 6.20 Å². The molecular weight excluding hydrogens is 256 g/mol. The Balaban J connectivity index is 2.09. The minimum absolute atomic E-state index is 0.267. The van der Waals surface area contributed by atoms with E-state index >= 15 is 0 Å². The number of halogens is 1. The van der Waals surface area contributed by atoms with E-state index in [-0.39, 0.29) is 6.10 Å². The maximum atomic E-state index is 9.24. The van der Waals surface area contributed by atoms with Crippen LogP contribution >= 0.6 is 15.9 Å². The van der Waals surface area contributed by atoms with Gasteiger partial charge in [-0.15, -0.1) is 0 Å². The van der Waals surface area contributed by atoms with Crippen molar-refractivity contribution in [1.29, 1.82) is 0 Å². The second kappa shape index (κ2) is 4.58. The summed E-state index contributed by atoms with van der Waals surface area (Å²) in [6, 6.07) is 0. The molecule has 1 unspecified atom stereocenters. The van der Waals surface area contributed by atoms with Gasteiger partial charge in [0.25, 0.3) is 0 Å². The Morgan fingerprint density at radius 2 is 2.33 bits per heavy atom. The molecule has 2 rings (SSSR count). The normalized spacial score (nSPS) is 17.8. The fourth-order valence-electron chi connectivity index (χ4n) is 1.48. The number of aliphatic hydroxyl groups excluding tert-OH is 1. The van der Waals surface area contributed by atoms with Crippen molar-refractivity contribution in [2.75, 3.05) is 0 Å². The van der Waals surface area contributed by atoms with Crippen molar-refractivity contribution in [2.45, 2.75) is 44.6 Å². The van der Waals surface area contributed by atoms with E-state index in [9.17, 15) is 5.11 Å². The van der Waals surface area contributed by atoms with E-state index in [4.69, 9.17) is 0 Å². The SMILES string of the molecule is CC(O)CCc1nc(C2CC2)ncc1Br. The van der Waals surface area contributed by atoms with Crippen LogP contribution in [0.15, 0.2) is 10.7 Å². The molecule has 1 fully saturated rings. The molecule has 1 aromatic heterocycles. The van der Waals surface area contributed by atoms with Crippen LogP contribution in [0.3, 0.4) is 0 Å². The van der Waals surface area contributed by atoms with Gasteiger partial charge in [-0.05, 0) is 48.5 Å². The summed E-state index contributed by atoms with van der Waals surface area (Å²) in [5.74, 6) is 1.56. The van der Waals surface area contributed by atoms with Crippen LogP contribution in [0.1, 0.15) is 43.6 Å². The summed E-state index contributed by atoms with van der Waals surface area (Å²) >= 11 is 3.44. The van der Waals surface area contributed by atoms with Crippen LogP contribution in [0.25, 0.3) is 0 Å². The molecule has 1 atom stereocenters. The number of aromatic nitrogens is 2. The Labute approximate surface area is 98.1 Å². The zero-order valence-corrected chi connectivity index (χ0v) is 10.4. The molecule has 0 amide bonds. The zero-order chi connectivity index (χ0) is 10.8. The van der Waals surface area contributed by atoms with Gasteiger partial charge in [0.15, 0.2) is 0 Å². The molecule has 1 N–H and O–H groups in total. The van der Waals surface area contributed by atoms with Crippen molar-refractivity contribution in [3.63, 3.8) is 0 Å². The minimum Gasteiger partial charge on any atom is -0.393 e. The second-order valence-corrected chi connectivity index (χ2v) is 5.04. The van der Waals surface area contributed by atoms with E-state index in [0.717, 1.165) is 28.8 Å². The number of aryl methyl sites for hydroxylation is 1. The van der Waals surface area contributed by atoms with Crippen LogP contribution in [0, 0.1) is 0 Å². The van der Waals surface area contributed by atoms with E-state index in [2.05, 4.69) is 25.9 Å². The van der Waals surface area contributed by atoms with Gasteiger partial charge in [-0.2, -0.15) is 0 Å². The van der Waals surface area contributed by atoms with Crippen molar-refractivity contribution in [3.05, 3.63) is 22.2 Å². The van der Waals surface area contributed by atoms with E-state index < -0.39 is 0 Å². The highest BCUT2D eigenvalue weighted by Gasteiger charge is 2.26. The molecule has 0 bridgehead atoms. The third kappa shape index (κ3) is 2.98. The fourth-order valence-corrected chi connectivity index (χ4v) is 1.87. The highest BCUT2D eigenvalue weighted by molar-refractivity contribution is 9.10. The minimum atomic E-state index is -0.267. The third-order valence-corrected chi connectivity index (χ3v) is 3.24. The maximum absolute atomic E-state index is 9.24. The highest BCUT2D eigenvalue weighted by atomic mass is 79.9. The van der Waals surface area contributed by atoms with Crippen molar-refractivity contribution in [2.24, 2.45) is 0 Å². The van der Waals surface area contributed by atoms with E-state index in [1.165, 1.54) is 12.8 Å². The Kier molecular flexibility index (Phi) is 3.36. The first-order valence-electron chi connectivity index (χ1n) is 5.36. The summed E-state index contributed by atoms with van der Waals surface area (Å²) in [4.78, 5) is 8.84. The Bertz CT molecular complexity index is 350. The van der Waals surface area contributed by atoms with Crippen LogP contribution in [-0.2, 0) is 6.42 Å². The monoisotopic (exact) mass is 270 g/mol. The largest absolute Gasteiger partial charge is 0.393 e. The summed E-state index contributed by atoms with van der Waals surface area (Å²) in [6.07, 6.45) is 5.56. The van der Waals surface area contributed by atoms with Gasteiger partial charge in [0, 0.05) is 12.1 Å². The lowest BCUT2D eigenvalue weighted by Gasteiger charge is -2.07. The summed E-state index contributed by atoms with van der Waals surface area (Å²) in [6.45, 7) is 1.80. The number of aliphatic hydroxyl groups is 1. The number of nitrogens with zero attached hydrogens (tertiary/aromatic N) is 2. The van der Waals surface area contributed by atoms with Crippen LogP contribution in [0.2, 0.25) is 0 Å². The molecule has 0 aliphatic heterocycles. The van der Waals surface area contributed by atoms with Crippen molar-refractivity contribution >= 4 is 15.9 Å². The van der Waals surface area contributed by atoms with Gasteiger partial charge in [0.2, 0.25) is 0 Å². The maximum Gasteiger partial charge on any atom is 0.131 e. The average Bonchev–Trinajstić information content (AvgIpc) is 3.00. The smallest absolute Gasteiger partial charge is 0.131 e. The van der Waals surface area contributed by atoms with Crippen molar-refractivity contribution < 1.29 is 5.11 Å². The first kappa shape index (κ1) is 11.0. The second-order valence-electron chi connectivity index (χ2n) is 4.18. The summed E-state index contributed by atoms with van der Waals surface area (Å²) in [7, 11) is 0. The molecule has 0 aromatic carbocycles. The number of hydrogen-bond acceptors (Lipinski definition) is 3. The van der Waals surface area contributed by atoms with Gasteiger partial charge >= 0.3 is 0 Å². The van der Waals surface area contributed by atoms with Gasteiger partial charge in [-0.1, -0.05) is 0 Å². The molecule has 0 spiro atoms. The van der Waals surface area contributed by atoms with Crippen LogP contribution in [0.5, 0.6) is 0 Å². The summed E-state index contributed by atoms with van der Waals surface area (Å²) in [5, 5.41) is 9.24. The van der Waals surface area contributed by atoms with Gasteiger partial charge < -0.3 is 5.11 Å². The third-order valence-electron chi connectivity index (χ3n) is 2.58. The number of rotatable bonds is 4. The molecule has 1 aromatic rings. The number of hydrogen-bond donors (Lipinski definition) is 1. The van der Waals surface area contributed by atoms with E-state index in [0.29, 0.717) is 5.92 Å². The molecule has 4 heteroatoms. The lowest BCUT2D eigenvalue weighted by atomic mass is 10.1. The molecule has 0 saturated heterocycles.